The summed E-state index contributed by atoms with van der Waals surface area (Å²) in [5, 5.41) is 18.2. The lowest BCUT2D eigenvalue weighted by Gasteiger charge is -2.19. The summed E-state index contributed by atoms with van der Waals surface area (Å²) in [6, 6.07) is 62.8. The molecule has 0 aliphatic rings. The van der Waals surface area contributed by atoms with Crippen LogP contribution in [0, 0.1) is 0 Å². The van der Waals surface area contributed by atoms with E-state index in [4.69, 9.17) is 0 Å². The van der Waals surface area contributed by atoms with Gasteiger partial charge in [0.25, 0.3) is 0 Å². The first-order chi connectivity index (χ1) is 22.8. The molecule has 0 N–H and O–H groups in total. The topological polar surface area (TPSA) is 0 Å². The molecule has 0 aliphatic heterocycles. The monoisotopic (exact) mass is 580 g/mol. The largest absolute Gasteiger partial charge is 0.0616 e. The number of fused-ring (bicyclic) bond motifs is 13. The fourth-order valence-electron chi connectivity index (χ4n) is 8.04. The van der Waals surface area contributed by atoms with Crippen LogP contribution in [0.4, 0.5) is 0 Å². The predicted octanol–water partition coefficient (Wildman–Crippen LogP) is 13.1. The molecule has 0 heteroatoms. The van der Waals surface area contributed by atoms with Crippen LogP contribution >= 0.6 is 0 Å². The highest BCUT2D eigenvalue weighted by atomic mass is 14.2. The summed E-state index contributed by atoms with van der Waals surface area (Å²) in [5.74, 6) is 0. The van der Waals surface area contributed by atoms with Gasteiger partial charge in [-0.2, -0.15) is 0 Å². The quantitative estimate of drug-likeness (QED) is 0.178. The smallest absolute Gasteiger partial charge is 0.00139 e. The van der Waals surface area contributed by atoms with Crippen molar-refractivity contribution in [1.29, 1.82) is 0 Å². The fourth-order valence-corrected chi connectivity index (χ4v) is 8.04. The Hall–Kier alpha value is -5.98. The highest BCUT2D eigenvalue weighted by molar-refractivity contribution is 6.39. The predicted molar refractivity (Wildman–Crippen MR) is 200 cm³/mol. The molecule has 0 bridgehead atoms. The summed E-state index contributed by atoms with van der Waals surface area (Å²) in [6.45, 7) is 0. The molecule has 0 unspecified atom stereocenters. The van der Waals surface area contributed by atoms with Crippen molar-refractivity contribution < 1.29 is 0 Å². The summed E-state index contributed by atoms with van der Waals surface area (Å²) < 4.78 is 0. The lowest BCUT2D eigenvalue weighted by molar-refractivity contribution is 1.65. The molecule has 10 aromatic carbocycles. The minimum atomic E-state index is 1.23. The van der Waals surface area contributed by atoms with E-state index in [1.807, 2.05) is 0 Å². The van der Waals surface area contributed by atoms with Gasteiger partial charge in [0.15, 0.2) is 0 Å². The van der Waals surface area contributed by atoms with Crippen molar-refractivity contribution in [3.8, 4) is 22.3 Å². The zero-order chi connectivity index (χ0) is 30.2. The molecule has 46 heavy (non-hydrogen) atoms. The highest BCUT2D eigenvalue weighted by Gasteiger charge is 2.18. The van der Waals surface area contributed by atoms with Crippen molar-refractivity contribution in [2.45, 2.75) is 0 Å². The van der Waals surface area contributed by atoms with E-state index >= 15 is 0 Å². The molecule has 10 aromatic rings. The summed E-state index contributed by atoms with van der Waals surface area (Å²) in [5.41, 5.74) is 5.04. The fraction of sp³-hybridized carbons (Fsp3) is 0. The van der Waals surface area contributed by atoms with Crippen LogP contribution in [0.1, 0.15) is 0 Å². The molecule has 0 nitrogen and oxygen atoms in total. The normalized spacial score (nSPS) is 11.9. The van der Waals surface area contributed by atoms with Crippen LogP contribution in [-0.4, -0.2) is 0 Å². The minimum Gasteiger partial charge on any atom is -0.0616 e. The van der Waals surface area contributed by atoms with Gasteiger partial charge < -0.3 is 0 Å². The van der Waals surface area contributed by atoms with Crippen LogP contribution in [0.15, 0.2) is 170 Å². The summed E-state index contributed by atoms with van der Waals surface area (Å²) >= 11 is 0. The van der Waals surface area contributed by atoms with Gasteiger partial charge in [0.05, 0.1) is 0 Å². The minimum absolute atomic E-state index is 1.23. The number of benzene rings is 10. The second-order valence-electron chi connectivity index (χ2n) is 12.4. The zero-order valence-electron chi connectivity index (χ0n) is 25.2. The van der Waals surface area contributed by atoms with Crippen molar-refractivity contribution in [3.63, 3.8) is 0 Å². The van der Waals surface area contributed by atoms with E-state index in [1.54, 1.807) is 0 Å². The molecule has 10 rings (SSSR count). The van der Waals surface area contributed by atoms with Crippen molar-refractivity contribution in [1.82, 2.24) is 0 Å². The van der Waals surface area contributed by atoms with Gasteiger partial charge in [-0.3, -0.25) is 0 Å². The first kappa shape index (κ1) is 25.4. The summed E-state index contributed by atoms with van der Waals surface area (Å²) in [6.07, 6.45) is 0. The van der Waals surface area contributed by atoms with Gasteiger partial charge in [0.2, 0.25) is 0 Å². The van der Waals surface area contributed by atoms with E-state index in [2.05, 4.69) is 170 Å². The van der Waals surface area contributed by atoms with Crippen molar-refractivity contribution in [2.24, 2.45) is 0 Å². The lowest BCUT2D eigenvalue weighted by atomic mass is 9.84. The van der Waals surface area contributed by atoms with E-state index in [9.17, 15) is 0 Å². The highest BCUT2D eigenvalue weighted by Crippen LogP contribution is 2.46. The Morgan fingerprint density at radius 3 is 1.33 bits per heavy atom. The van der Waals surface area contributed by atoms with Gasteiger partial charge in [-0.1, -0.05) is 164 Å². The van der Waals surface area contributed by atoms with Gasteiger partial charge in [-0.25, -0.2) is 0 Å². The van der Waals surface area contributed by atoms with Crippen LogP contribution < -0.4 is 0 Å². The molecule has 0 aliphatic carbocycles. The molecule has 0 fully saturated rings. The molecule has 0 aromatic heterocycles. The Morgan fingerprint density at radius 2 is 0.696 bits per heavy atom. The van der Waals surface area contributed by atoms with Crippen LogP contribution in [0.3, 0.4) is 0 Å². The Labute approximate surface area is 266 Å². The van der Waals surface area contributed by atoms with Gasteiger partial charge in [0, 0.05) is 0 Å². The Bertz CT molecular complexity index is 2850. The Balaban J connectivity index is 1.36. The summed E-state index contributed by atoms with van der Waals surface area (Å²) in [7, 11) is 0. The maximum atomic E-state index is 2.44. The third-order valence-corrected chi connectivity index (χ3v) is 10.0. The molecule has 0 heterocycles. The van der Waals surface area contributed by atoms with E-state index in [-0.39, 0.29) is 0 Å². The van der Waals surface area contributed by atoms with Gasteiger partial charge in [-0.15, -0.1) is 0 Å². The van der Waals surface area contributed by atoms with Crippen LogP contribution in [0.5, 0.6) is 0 Å². The third-order valence-electron chi connectivity index (χ3n) is 10.0. The number of hydrogen-bond donors (Lipinski definition) is 0. The van der Waals surface area contributed by atoms with E-state index < -0.39 is 0 Å². The van der Waals surface area contributed by atoms with Crippen LogP contribution in [-0.2, 0) is 0 Å². The molecule has 212 valence electrons. The van der Waals surface area contributed by atoms with E-state index in [1.165, 1.54) is 97.7 Å². The van der Waals surface area contributed by atoms with Gasteiger partial charge >= 0.3 is 0 Å². The number of rotatable bonds is 2. The molecule has 0 saturated heterocycles. The maximum Gasteiger partial charge on any atom is -0.00139 e. The Morgan fingerprint density at radius 1 is 0.239 bits per heavy atom. The molecule has 0 radical (unpaired) electrons. The molecule has 0 amide bonds. The van der Waals surface area contributed by atoms with Crippen molar-refractivity contribution in [3.05, 3.63) is 170 Å². The van der Waals surface area contributed by atoms with E-state index in [0.29, 0.717) is 0 Å². The second-order valence-corrected chi connectivity index (χ2v) is 12.4. The van der Waals surface area contributed by atoms with Crippen molar-refractivity contribution in [2.75, 3.05) is 0 Å². The molecule has 0 spiro atoms. The lowest BCUT2D eigenvalue weighted by Crippen LogP contribution is -1.91. The van der Waals surface area contributed by atoms with E-state index in [0.717, 1.165) is 0 Å². The van der Waals surface area contributed by atoms with Gasteiger partial charge in [0.1, 0.15) is 0 Å². The summed E-state index contributed by atoms with van der Waals surface area (Å²) in [4.78, 5) is 0. The van der Waals surface area contributed by atoms with Crippen LogP contribution in [0.2, 0.25) is 0 Å². The average molecular weight is 581 g/mol. The molecule has 0 saturated carbocycles. The SMILES string of the molecule is c1ccc2c(-c3c(-c4ccc5c(c4)c4ccccc4c4c6ccccc6c6ccccc6c54)ccc4ccccc34)cccc2c1. The Kier molecular flexibility index (Phi) is 5.38. The first-order valence-corrected chi connectivity index (χ1v) is 16.0. The van der Waals surface area contributed by atoms with Gasteiger partial charge in [-0.05, 0) is 104 Å². The maximum absolute atomic E-state index is 2.44. The molecular formula is C46H28. The molecular weight excluding hydrogens is 553 g/mol. The number of hydrogen-bond acceptors (Lipinski definition) is 0. The third kappa shape index (κ3) is 3.56. The van der Waals surface area contributed by atoms with Crippen LogP contribution in [0.25, 0.3) is 97.7 Å². The van der Waals surface area contributed by atoms with Crippen molar-refractivity contribution >= 4 is 75.4 Å². The molecule has 0 atom stereocenters. The average Bonchev–Trinajstić information content (AvgIpc) is 3.14. The second kappa shape index (κ2) is 9.76. The zero-order valence-corrected chi connectivity index (χ0v) is 25.2. The standard InChI is InChI=1S/C46H28/c1-3-15-32-29(12-1)14-11-23-38(32)44-33-16-4-2-13-30(33)24-26-34(44)31-25-27-42-43(28-31)37-19-7-10-22-41(37)45-39-20-8-5-17-35(39)36-18-6-9-21-40(36)46(42)45/h1-28H. The first-order valence-electron chi connectivity index (χ1n) is 16.0.